The summed E-state index contributed by atoms with van der Waals surface area (Å²) in [7, 11) is 0. The van der Waals surface area contributed by atoms with Crippen LogP contribution < -0.4 is 10.6 Å². The number of carboxylic acid groups (broad SMARTS) is 1. The van der Waals surface area contributed by atoms with Crippen molar-refractivity contribution in [2.75, 3.05) is 11.9 Å². The van der Waals surface area contributed by atoms with Crippen molar-refractivity contribution in [1.82, 2.24) is 5.32 Å². The first-order chi connectivity index (χ1) is 10.1. The van der Waals surface area contributed by atoms with Crippen LogP contribution in [0.2, 0.25) is 0 Å². The van der Waals surface area contributed by atoms with Crippen LogP contribution in [0.5, 0.6) is 0 Å². The lowest BCUT2D eigenvalue weighted by Crippen LogP contribution is -2.27. The molecule has 8 heteroatoms. The third kappa shape index (κ3) is 4.14. The molecular formula is C13H12N2O4S2. The highest BCUT2D eigenvalue weighted by molar-refractivity contribution is 7.12. The Kier molecular flexibility index (Phi) is 5.07. The molecule has 2 aromatic heterocycles. The Hall–Kier alpha value is -2.19. The fourth-order valence-electron chi connectivity index (χ4n) is 1.57. The molecule has 110 valence electrons. The van der Waals surface area contributed by atoms with Crippen LogP contribution in [0.4, 0.5) is 5.69 Å². The van der Waals surface area contributed by atoms with Crippen LogP contribution in [-0.4, -0.2) is 29.4 Å². The minimum absolute atomic E-state index is 0.0742. The lowest BCUT2D eigenvalue weighted by atomic mass is 10.3. The van der Waals surface area contributed by atoms with Crippen LogP contribution in [0.15, 0.2) is 28.3 Å². The zero-order valence-electron chi connectivity index (χ0n) is 10.8. The van der Waals surface area contributed by atoms with Crippen molar-refractivity contribution in [2.45, 2.75) is 6.42 Å². The molecule has 0 aliphatic rings. The third-order valence-electron chi connectivity index (χ3n) is 2.55. The van der Waals surface area contributed by atoms with Crippen LogP contribution >= 0.6 is 22.7 Å². The first kappa shape index (κ1) is 15.2. The van der Waals surface area contributed by atoms with Gasteiger partial charge < -0.3 is 15.7 Å². The molecule has 3 N–H and O–H groups in total. The molecule has 0 aliphatic heterocycles. The van der Waals surface area contributed by atoms with Crippen molar-refractivity contribution in [3.63, 3.8) is 0 Å². The van der Waals surface area contributed by atoms with Gasteiger partial charge in [0.05, 0.1) is 5.69 Å². The van der Waals surface area contributed by atoms with Crippen molar-refractivity contribution in [3.05, 3.63) is 38.7 Å². The topological polar surface area (TPSA) is 95.5 Å². The smallest absolute Gasteiger partial charge is 0.348 e. The van der Waals surface area contributed by atoms with Crippen molar-refractivity contribution >= 4 is 46.1 Å². The van der Waals surface area contributed by atoms with Gasteiger partial charge in [0.2, 0.25) is 5.91 Å². The maximum absolute atomic E-state index is 11.7. The molecule has 0 aromatic carbocycles. The fourth-order valence-corrected chi connectivity index (χ4v) is 2.89. The predicted octanol–water partition coefficient (Wildman–Crippen LogP) is 2.27. The van der Waals surface area contributed by atoms with E-state index in [0.717, 1.165) is 11.3 Å². The van der Waals surface area contributed by atoms with E-state index in [0.29, 0.717) is 5.56 Å². The molecule has 0 saturated carbocycles. The highest BCUT2D eigenvalue weighted by Crippen LogP contribution is 2.22. The average Bonchev–Trinajstić information content (AvgIpc) is 3.09. The number of amides is 2. The second-order valence-corrected chi connectivity index (χ2v) is 5.73. The fraction of sp³-hybridized carbons (Fsp3) is 0.154. The molecule has 0 radical (unpaired) electrons. The molecule has 21 heavy (non-hydrogen) atoms. The number of hydrogen-bond acceptors (Lipinski definition) is 5. The molecule has 6 nitrogen and oxygen atoms in total. The molecule has 2 aromatic rings. The molecule has 0 bridgehead atoms. The van der Waals surface area contributed by atoms with Crippen LogP contribution in [0, 0.1) is 0 Å². The molecule has 0 atom stereocenters. The van der Waals surface area contributed by atoms with Crippen LogP contribution in [0.1, 0.15) is 26.5 Å². The average molecular weight is 324 g/mol. The van der Waals surface area contributed by atoms with E-state index >= 15 is 0 Å². The molecule has 2 amide bonds. The van der Waals surface area contributed by atoms with E-state index in [1.54, 1.807) is 22.2 Å². The standard InChI is InChI=1S/C13H12N2O4S2/c16-10(15-9-3-6-21-11(9)13(18)19)1-4-14-12(17)8-2-5-20-7-8/h2-3,5-7H,1,4H2,(H,14,17)(H,15,16)(H,18,19). The van der Waals surface area contributed by atoms with Gasteiger partial charge in [0, 0.05) is 23.9 Å². The Balaban J connectivity index is 1.79. The molecule has 0 spiro atoms. The summed E-state index contributed by atoms with van der Waals surface area (Å²) >= 11 is 2.46. The minimum atomic E-state index is -1.08. The van der Waals surface area contributed by atoms with Gasteiger partial charge in [-0.3, -0.25) is 9.59 Å². The first-order valence-electron chi connectivity index (χ1n) is 5.99. The van der Waals surface area contributed by atoms with Crippen molar-refractivity contribution in [1.29, 1.82) is 0 Å². The minimum Gasteiger partial charge on any atom is -0.477 e. The number of carbonyl (C=O) groups excluding carboxylic acids is 2. The molecule has 0 unspecified atom stereocenters. The number of nitrogens with one attached hydrogen (secondary N) is 2. The summed E-state index contributed by atoms with van der Waals surface area (Å²) in [6.45, 7) is 0.188. The number of hydrogen-bond donors (Lipinski definition) is 3. The van der Waals surface area contributed by atoms with E-state index in [1.807, 2.05) is 0 Å². The van der Waals surface area contributed by atoms with Crippen molar-refractivity contribution in [3.8, 4) is 0 Å². The Bertz CT molecular complexity index is 649. The van der Waals surface area contributed by atoms with E-state index in [4.69, 9.17) is 5.11 Å². The lowest BCUT2D eigenvalue weighted by molar-refractivity contribution is -0.116. The van der Waals surface area contributed by atoms with E-state index in [-0.39, 0.29) is 35.3 Å². The summed E-state index contributed by atoms with van der Waals surface area (Å²) in [5, 5.41) is 19.2. The summed E-state index contributed by atoms with van der Waals surface area (Å²) in [6, 6.07) is 3.24. The molecule has 0 aliphatic carbocycles. The second kappa shape index (κ2) is 7.00. The van der Waals surface area contributed by atoms with Crippen molar-refractivity contribution < 1.29 is 19.5 Å². The number of anilines is 1. The van der Waals surface area contributed by atoms with Gasteiger partial charge in [-0.1, -0.05) is 0 Å². The third-order valence-corrected chi connectivity index (χ3v) is 4.14. The lowest BCUT2D eigenvalue weighted by Gasteiger charge is -2.05. The van der Waals surface area contributed by atoms with Gasteiger partial charge in [0.25, 0.3) is 5.91 Å². The van der Waals surface area contributed by atoms with Gasteiger partial charge >= 0.3 is 5.97 Å². The Labute approximate surface area is 128 Å². The number of thiophene rings is 2. The van der Waals surface area contributed by atoms with Gasteiger partial charge in [0.15, 0.2) is 0 Å². The van der Waals surface area contributed by atoms with Gasteiger partial charge in [-0.05, 0) is 22.9 Å². The quantitative estimate of drug-likeness (QED) is 0.759. The monoisotopic (exact) mass is 324 g/mol. The summed E-state index contributed by atoms with van der Waals surface area (Å²) in [5.41, 5.74) is 0.841. The highest BCUT2D eigenvalue weighted by Gasteiger charge is 2.14. The summed E-state index contributed by atoms with van der Waals surface area (Å²) < 4.78 is 0. The Morgan fingerprint density at radius 1 is 1.19 bits per heavy atom. The van der Waals surface area contributed by atoms with Crippen LogP contribution in [-0.2, 0) is 4.79 Å². The maximum Gasteiger partial charge on any atom is 0.348 e. The van der Waals surface area contributed by atoms with E-state index in [2.05, 4.69) is 10.6 Å². The highest BCUT2D eigenvalue weighted by atomic mass is 32.1. The Morgan fingerprint density at radius 3 is 2.67 bits per heavy atom. The summed E-state index contributed by atoms with van der Waals surface area (Å²) in [5.74, 6) is -1.65. The number of carboxylic acids is 1. The van der Waals surface area contributed by atoms with Gasteiger partial charge in [-0.2, -0.15) is 11.3 Å². The zero-order valence-corrected chi connectivity index (χ0v) is 12.4. The van der Waals surface area contributed by atoms with Crippen molar-refractivity contribution in [2.24, 2.45) is 0 Å². The zero-order chi connectivity index (χ0) is 15.2. The van der Waals surface area contributed by atoms with Gasteiger partial charge in [-0.15, -0.1) is 11.3 Å². The molecule has 2 rings (SSSR count). The number of rotatable bonds is 6. The first-order valence-corrected chi connectivity index (χ1v) is 7.81. The summed E-state index contributed by atoms with van der Waals surface area (Å²) in [4.78, 5) is 34.3. The SMILES string of the molecule is O=C(CCNC(=O)c1ccsc1)Nc1ccsc1C(=O)O. The summed E-state index contributed by atoms with van der Waals surface area (Å²) in [6.07, 6.45) is 0.0742. The molecule has 0 saturated heterocycles. The van der Waals surface area contributed by atoms with E-state index < -0.39 is 5.97 Å². The second-order valence-electron chi connectivity index (χ2n) is 4.03. The number of aromatic carboxylic acids is 1. The van der Waals surface area contributed by atoms with Gasteiger partial charge in [0.1, 0.15) is 4.88 Å². The Morgan fingerprint density at radius 2 is 2.00 bits per heavy atom. The van der Waals surface area contributed by atoms with Crippen LogP contribution in [0.3, 0.4) is 0 Å². The largest absolute Gasteiger partial charge is 0.477 e. The molecular weight excluding hydrogens is 312 g/mol. The molecule has 2 heterocycles. The van der Waals surface area contributed by atoms with E-state index in [9.17, 15) is 14.4 Å². The van der Waals surface area contributed by atoms with Gasteiger partial charge in [-0.25, -0.2) is 4.79 Å². The molecule has 0 fully saturated rings. The number of carbonyl (C=O) groups is 3. The predicted molar refractivity (Wildman–Crippen MR) is 81.2 cm³/mol. The van der Waals surface area contributed by atoms with E-state index in [1.165, 1.54) is 17.4 Å². The maximum atomic E-state index is 11.7. The van der Waals surface area contributed by atoms with Crippen LogP contribution in [0.25, 0.3) is 0 Å². The normalized spacial score (nSPS) is 10.1.